The Bertz CT molecular complexity index is 1230. The molecule has 0 unspecified atom stereocenters. The SMILES string of the molecule is C[N+]1(CCSCCCCSCC[N+]2(C)CCCCC2)CCCCC1.Cc1ccc(S(=O)(=O)[O-])cc1.Cc1ccc(S(=O)(=O)[O-])cc1. The zero-order valence-electron chi connectivity index (χ0n) is 28.3. The van der Waals surface area contributed by atoms with Gasteiger partial charge in [0.05, 0.1) is 63.2 Å². The molecule has 2 aliphatic heterocycles. The maximum Gasteiger partial charge on any atom is 0.124 e. The van der Waals surface area contributed by atoms with Crippen molar-refractivity contribution in [3.63, 3.8) is 0 Å². The average Bonchev–Trinajstić information content (AvgIpc) is 2.99. The van der Waals surface area contributed by atoms with Gasteiger partial charge in [0, 0.05) is 11.5 Å². The fourth-order valence-electron chi connectivity index (χ4n) is 5.59. The molecule has 0 amide bonds. The summed E-state index contributed by atoms with van der Waals surface area (Å²) in [7, 11) is -3.59. The summed E-state index contributed by atoms with van der Waals surface area (Å²) >= 11 is 4.41. The summed E-state index contributed by atoms with van der Waals surface area (Å²) in [6, 6.07) is 11.6. The molecule has 262 valence electrons. The van der Waals surface area contributed by atoms with Gasteiger partial charge in [-0.1, -0.05) is 35.4 Å². The third-order valence-corrected chi connectivity index (χ3v) is 12.6. The normalized spacial score (nSPS) is 17.6. The zero-order valence-corrected chi connectivity index (χ0v) is 31.6. The van der Waals surface area contributed by atoms with Crippen molar-refractivity contribution in [2.45, 2.75) is 75.0 Å². The molecule has 4 rings (SSSR count). The number of hydrogen-bond donors (Lipinski definition) is 0. The standard InChI is InChI=1S/C20H42N2S2.2C7H8O3S/c1-21(11-5-3-6-12-21)15-19-23-17-9-10-18-24-20-16-22(2)13-7-4-8-14-22;2*1-6-2-4-7(5-3-6)11(8,9)10/h3-20H2,1-2H3;2*2-5H,1H3,(H,8,9,10)/q+2;;/p-2. The monoisotopic (exact) mass is 716 g/mol. The van der Waals surface area contributed by atoms with E-state index in [4.69, 9.17) is 0 Å². The highest BCUT2D eigenvalue weighted by Crippen LogP contribution is 2.19. The minimum atomic E-state index is -4.27. The number of likely N-dealkylation sites (tertiary alicyclic amines) is 2. The predicted molar refractivity (Wildman–Crippen MR) is 191 cm³/mol. The molecule has 2 aromatic rings. The summed E-state index contributed by atoms with van der Waals surface area (Å²) in [5.41, 5.74) is 1.86. The van der Waals surface area contributed by atoms with Crippen LogP contribution in [0.4, 0.5) is 0 Å². The van der Waals surface area contributed by atoms with Gasteiger partial charge in [-0.05, 0) is 101 Å². The molecule has 12 heteroatoms. The fraction of sp³-hybridized carbons (Fsp3) is 0.647. The Morgan fingerprint density at radius 1 is 0.543 bits per heavy atom. The molecule has 2 aliphatic rings. The van der Waals surface area contributed by atoms with E-state index < -0.39 is 20.2 Å². The van der Waals surface area contributed by atoms with E-state index in [1.165, 1.54) is 147 Å². The van der Waals surface area contributed by atoms with Crippen LogP contribution in [0.5, 0.6) is 0 Å². The van der Waals surface area contributed by atoms with Crippen LogP contribution in [0, 0.1) is 13.8 Å². The van der Waals surface area contributed by atoms with Crippen molar-refractivity contribution in [2.24, 2.45) is 0 Å². The molecule has 2 heterocycles. The summed E-state index contributed by atoms with van der Waals surface area (Å²) in [6.45, 7) is 12.1. The number of unbranched alkanes of at least 4 members (excludes halogenated alkanes) is 1. The lowest BCUT2D eigenvalue weighted by Crippen LogP contribution is -2.49. The number of aryl methyl sites for hydroxylation is 2. The van der Waals surface area contributed by atoms with Gasteiger partial charge in [-0.3, -0.25) is 0 Å². The second-order valence-electron chi connectivity index (χ2n) is 13.2. The van der Waals surface area contributed by atoms with Crippen molar-refractivity contribution in [3.05, 3.63) is 59.7 Å². The highest BCUT2D eigenvalue weighted by atomic mass is 32.2. The summed E-state index contributed by atoms with van der Waals surface area (Å²) < 4.78 is 65.0. The lowest BCUT2D eigenvalue weighted by atomic mass is 10.1. The Balaban J connectivity index is 0.000000277. The van der Waals surface area contributed by atoms with E-state index in [1.54, 1.807) is 24.3 Å². The number of benzene rings is 2. The number of rotatable bonds is 13. The van der Waals surface area contributed by atoms with E-state index in [2.05, 4.69) is 37.6 Å². The van der Waals surface area contributed by atoms with Gasteiger partial charge in [0.1, 0.15) is 20.2 Å². The second-order valence-corrected chi connectivity index (χ2v) is 18.4. The summed E-state index contributed by atoms with van der Waals surface area (Å²) in [5, 5.41) is 0. The lowest BCUT2D eigenvalue weighted by molar-refractivity contribution is -0.911. The van der Waals surface area contributed by atoms with Crippen molar-refractivity contribution in [2.75, 3.05) is 76.4 Å². The minimum Gasteiger partial charge on any atom is -0.744 e. The molecule has 8 nitrogen and oxygen atoms in total. The first kappa shape index (κ1) is 41.1. The molecule has 0 radical (unpaired) electrons. The average molecular weight is 717 g/mol. The van der Waals surface area contributed by atoms with Crippen molar-refractivity contribution < 1.29 is 34.9 Å². The van der Waals surface area contributed by atoms with Crippen LogP contribution in [0.15, 0.2) is 58.3 Å². The van der Waals surface area contributed by atoms with Gasteiger partial charge < -0.3 is 18.1 Å². The van der Waals surface area contributed by atoms with Crippen LogP contribution in [-0.2, 0) is 20.2 Å². The number of nitrogens with zero attached hydrogens (tertiary/aromatic N) is 2. The Morgan fingerprint density at radius 3 is 1.13 bits per heavy atom. The van der Waals surface area contributed by atoms with E-state index in [9.17, 15) is 25.9 Å². The van der Waals surface area contributed by atoms with Gasteiger partial charge in [0.2, 0.25) is 0 Å². The van der Waals surface area contributed by atoms with Gasteiger partial charge in [-0.2, -0.15) is 23.5 Å². The Labute approximate surface area is 288 Å². The van der Waals surface area contributed by atoms with E-state index in [-0.39, 0.29) is 9.79 Å². The molecule has 0 saturated carbocycles. The van der Waals surface area contributed by atoms with Crippen molar-refractivity contribution >= 4 is 43.8 Å². The first-order valence-electron chi connectivity index (χ1n) is 16.5. The molecule has 0 bridgehead atoms. The molecular formula is C34H56N2O6S4. The van der Waals surface area contributed by atoms with E-state index in [0.29, 0.717) is 0 Å². The van der Waals surface area contributed by atoms with Crippen LogP contribution in [-0.4, -0.2) is 111 Å². The molecule has 2 aromatic carbocycles. The lowest BCUT2D eigenvalue weighted by Gasteiger charge is -2.37. The molecule has 0 N–H and O–H groups in total. The van der Waals surface area contributed by atoms with Gasteiger partial charge in [0.25, 0.3) is 0 Å². The molecule has 46 heavy (non-hydrogen) atoms. The van der Waals surface area contributed by atoms with Crippen molar-refractivity contribution in [3.8, 4) is 0 Å². The van der Waals surface area contributed by atoms with E-state index in [0.717, 1.165) is 11.1 Å². The number of thioether (sulfide) groups is 2. The Hall–Kier alpha value is -1.12. The largest absolute Gasteiger partial charge is 0.744 e. The Kier molecular flexibility index (Phi) is 18.2. The van der Waals surface area contributed by atoms with Crippen LogP contribution in [0.25, 0.3) is 0 Å². The summed E-state index contributed by atoms with van der Waals surface area (Å²) in [6.07, 6.45) is 11.6. The van der Waals surface area contributed by atoms with Crippen LogP contribution < -0.4 is 0 Å². The van der Waals surface area contributed by atoms with E-state index >= 15 is 0 Å². The number of hydrogen-bond acceptors (Lipinski definition) is 8. The van der Waals surface area contributed by atoms with E-state index in [1.807, 2.05) is 13.8 Å². The number of piperidine rings is 2. The molecule has 0 atom stereocenters. The third kappa shape index (κ3) is 17.3. The highest BCUT2D eigenvalue weighted by Gasteiger charge is 2.24. The molecular weight excluding hydrogens is 661 g/mol. The van der Waals surface area contributed by atoms with Gasteiger partial charge in [0.15, 0.2) is 0 Å². The van der Waals surface area contributed by atoms with Gasteiger partial charge in [-0.15, -0.1) is 0 Å². The molecule has 0 aliphatic carbocycles. The fourth-order valence-corrected chi connectivity index (χ4v) is 8.89. The quantitative estimate of drug-likeness (QED) is 0.135. The third-order valence-electron chi connectivity index (χ3n) is 8.79. The minimum absolute atomic E-state index is 0.178. The van der Waals surface area contributed by atoms with Crippen molar-refractivity contribution in [1.29, 1.82) is 0 Å². The van der Waals surface area contributed by atoms with Crippen LogP contribution >= 0.6 is 23.5 Å². The van der Waals surface area contributed by atoms with Gasteiger partial charge in [-0.25, -0.2) is 16.8 Å². The summed E-state index contributed by atoms with van der Waals surface area (Å²) in [4.78, 5) is -0.355. The molecule has 0 spiro atoms. The van der Waals surface area contributed by atoms with Crippen molar-refractivity contribution in [1.82, 2.24) is 0 Å². The number of quaternary nitrogens is 2. The maximum atomic E-state index is 10.4. The molecule has 2 fully saturated rings. The smallest absolute Gasteiger partial charge is 0.124 e. The molecule has 2 saturated heterocycles. The topological polar surface area (TPSA) is 114 Å². The van der Waals surface area contributed by atoms with Crippen LogP contribution in [0.3, 0.4) is 0 Å². The van der Waals surface area contributed by atoms with Crippen LogP contribution in [0.1, 0.15) is 62.5 Å². The van der Waals surface area contributed by atoms with Gasteiger partial charge >= 0.3 is 0 Å². The predicted octanol–water partition coefficient (Wildman–Crippen LogP) is 6.29. The molecule has 0 aromatic heterocycles. The summed E-state index contributed by atoms with van der Waals surface area (Å²) in [5.74, 6) is 5.52. The first-order valence-corrected chi connectivity index (χ1v) is 21.6. The van der Waals surface area contributed by atoms with Crippen LogP contribution in [0.2, 0.25) is 0 Å². The highest BCUT2D eigenvalue weighted by molar-refractivity contribution is 7.99. The zero-order chi connectivity index (χ0) is 34.1. The second kappa shape index (κ2) is 20.4. The maximum absolute atomic E-state index is 10.4. The first-order chi connectivity index (χ1) is 21.6. The Morgan fingerprint density at radius 2 is 0.848 bits per heavy atom.